The molecule has 1 heterocycles. The summed E-state index contributed by atoms with van der Waals surface area (Å²) in [4.78, 5) is 37.6. The Morgan fingerprint density at radius 3 is 2.42 bits per heavy atom. The minimum Gasteiger partial charge on any atom is -0.508 e. The van der Waals surface area contributed by atoms with Crippen LogP contribution in [0.2, 0.25) is 0 Å². The highest BCUT2D eigenvalue weighted by atomic mass is 127. The Bertz CT molecular complexity index is 1660. The number of amides is 1. The molecule has 3 aromatic carbocycles. The molecule has 0 fully saturated rings. The van der Waals surface area contributed by atoms with Gasteiger partial charge < -0.3 is 19.9 Å². The monoisotopic (exact) mass is 591 g/mol. The molecule has 2 aliphatic rings. The number of hydrogen-bond acceptors (Lipinski definition) is 5. The lowest BCUT2D eigenvalue weighted by Crippen LogP contribution is -2.18. The summed E-state index contributed by atoms with van der Waals surface area (Å²) in [6.45, 7) is 0. The van der Waals surface area contributed by atoms with Gasteiger partial charge in [0.05, 0.1) is 5.56 Å². The fourth-order valence-electron chi connectivity index (χ4n) is 4.20. The van der Waals surface area contributed by atoms with Crippen LogP contribution in [-0.4, -0.2) is 22.1 Å². The number of benzene rings is 4. The summed E-state index contributed by atoms with van der Waals surface area (Å²) in [5.74, 6) is -1.33. The first-order valence-corrected chi connectivity index (χ1v) is 12.1. The van der Waals surface area contributed by atoms with E-state index < -0.39 is 9.89 Å². The topological polar surface area (TPSA) is 117 Å². The molecule has 1 amide bonds. The quantitative estimate of drug-likeness (QED) is 0.130. The number of rotatable bonds is 5. The first-order valence-electron chi connectivity index (χ1n) is 10.9. The zero-order valence-electron chi connectivity index (χ0n) is 18.6. The van der Waals surface area contributed by atoms with E-state index in [0.717, 1.165) is 5.56 Å². The Balaban J connectivity index is 1.77. The number of anilines is 1. The van der Waals surface area contributed by atoms with Gasteiger partial charge >= 0.3 is 5.97 Å². The van der Waals surface area contributed by atoms with Crippen molar-refractivity contribution in [3.05, 3.63) is 106 Å². The molecule has 0 saturated heterocycles. The lowest BCUT2D eigenvalue weighted by atomic mass is 9.89. The zero-order valence-corrected chi connectivity index (χ0v) is 20.7. The van der Waals surface area contributed by atoms with Gasteiger partial charge in [0.2, 0.25) is 5.91 Å². The number of alkyl halides is 1. The normalized spacial score (nSPS) is 11.9. The van der Waals surface area contributed by atoms with Crippen molar-refractivity contribution in [1.29, 1.82) is 0 Å². The molecule has 1 atom stereocenters. The van der Waals surface area contributed by atoms with Gasteiger partial charge in [-0.2, -0.15) is 0 Å². The van der Waals surface area contributed by atoms with Crippen LogP contribution in [0.25, 0.3) is 33.4 Å². The fraction of sp³-hybridized carbons (Fsp3) is 0.0357. The van der Waals surface area contributed by atoms with E-state index >= 15 is 0 Å². The van der Waals surface area contributed by atoms with Crippen LogP contribution < -0.4 is 10.7 Å². The van der Waals surface area contributed by atoms with Gasteiger partial charge in [0.15, 0.2) is 5.43 Å². The van der Waals surface area contributed by atoms with Crippen LogP contribution in [0, 0.1) is 0 Å². The van der Waals surface area contributed by atoms with Crippen molar-refractivity contribution < 1.29 is 24.2 Å². The van der Waals surface area contributed by atoms with Crippen molar-refractivity contribution in [2.24, 2.45) is 0 Å². The summed E-state index contributed by atoms with van der Waals surface area (Å²) in [5.41, 5.74) is 2.26. The minimum absolute atomic E-state index is 0.0365. The van der Waals surface area contributed by atoms with Gasteiger partial charge in [-0.15, -0.1) is 0 Å². The number of aromatic carboxylic acids is 1. The second kappa shape index (κ2) is 9.46. The third kappa shape index (κ3) is 4.31. The van der Waals surface area contributed by atoms with Crippen LogP contribution in [0.5, 0.6) is 5.75 Å². The number of fused-ring (bicyclic) bond motifs is 2. The number of nitrogens with one attached hydrogen (secondary N) is 1. The van der Waals surface area contributed by atoms with Crippen molar-refractivity contribution in [3.8, 4) is 28.2 Å². The molecule has 8 heteroatoms. The minimum atomic E-state index is -1.18. The predicted molar refractivity (Wildman–Crippen MR) is 145 cm³/mol. The Kier molecular flexibility index (Phi) is 6.19. The molecule has 0 radical (unpaired) electrons. The number of hydrogen-bond donors (Lipinski definition) is 3. The van der Waals surface area contributed by atoms with Crippen LogP contribution in [0.15, 0.2) is 94.1 Å². The number of aromatic hydroxyl groups is 1. The maximum absolute atomic E-state index is 13.2. The van der Waals surface area contributed by atoms with E-state index in [-0.39, 0.29) is 39.6 Å². The molecular weight excluding hydrogens is 573 g/mol. The molecule has 0 spiro atoms. The summed E-state index contributed by atoms with van der Waals surface area (Å²) >= 11 is 2.04. The summed E-state index contributed by atoms with van der Waals surface area (Å²) in [6, 6.07) is 22.6. The van der Waals surface area contributed by atoms with Gasteiger partial charge in [-0.25, -0.2) is 4.79 Å². The van der Waals surface area contributed by atoms with Crippen LogP contribution >= 0.6 is 22.6 Å². The first kappa shape index (κ1) is 23.6. The highest BCUT2D eigenvalue weighted by Crippen LogP contribution is 2.45. The van der Waals surface area contributed by atoms with E-state index in [9.17, 15) is 24.6 Å². The summed E-state index contributed by atoms with van der Waals surface area (Å²) < 4.78 is 5.37. The van der Waals surface area contributed by atoms with E-state index in [4.69, 9.17) is 4.42 Å². The second-order valence-electron chi connectivity index (χ2n) is 8.11. The predicted octanol–water partition coefficient (Wildman–Crippen LogP) is 6.08. The molecule has 1 aliphatic carbocycles. The molecule has 0 saturated carbocycles. The molecule has 1 unspecified atom stereocenters. The van der Waals surface area contributed by atoms with E-state index in [0.29, 0.717) is 22.2 Å². The van der Waals surface area contributed by atoms with Crippen LogP contribution in [0.3, 0.4) is 0 Å². The van der Waals surface area contributed by atoms with Gasteiger partial charge in [0.1, 0.15) is 21.0 Å². The van der Waals surface area contributed by atoms with E-state index in [1.807, 2.05) is 52.9 Å². The zero-order chi connectivity index (χ0) is 25.4. The Labute approximate surface area is 218 Å². The largest absolute Gasteiger partial charge is 0.508 e. The van der Waals surface area contributed by atoms with E-state index in [1.54, 1.807) is 24.3 Å². The van der Waals surface area contributed by atoms with Crippen LogP contribution in [0.4, 0.5) is 5.69 Å². The SMILES string of the molecule is O=C(O)c1cccc(NC(=O)C(I)c2ccccc2)c1-c1c2ccc(=O)cc-2oc2cc(O)ccc12. The third-order valence-electron chi connectivity index (χ3n) is 5.80. The lowest BCUT2D eigenvalue weighted by Gasteiger charge is -2.20. The van der Waals surface area contributed by atoms with Crippen LogP contribution in [-0.2, 0) is 4.79 Å². The third-order valence-corrected chi connectivity index (χ3v) is 7.09. The Morgan fingerprint density at radius 2 is 1.67 bits per heavy atom. The molecule has 3 N–H and O–H groups in total. The molecule has 0 bridgehead atoms. The number of carbonyl (C=O) groups is 2. The van der Waals surface area contributed by atoms with Gasteiger partial charge in [0, 0.05) is 39.9 Å². The smallest absolute Gasteiger partial charge is 0.336 e. The maximum Gasteiger partial charge on any atom is 0.336 e. The maximum atomic E-state index is 13.2. The first-order chi connectivity index (χ1) is 17.3. The molecule has 7 nitrogen and oxygen atoms in total. The number of halogens is 1. The number of carboxylic acids is 1. The summed E-state index contributed by atoms with van der Waals surface area (Å²) in [5, 5.41) is 23.5. The molecule has 0 aromatic heterocycles. The van der Waals surface area contributed by atoms with E-state index in [1.165, 1.54) is 30.3 Å². The standard InChI is InChI=1S/C28H18INO6/c29-26(15-5-2-1-3-6-15)27(33)30-21-8-4-7-20(28(34)35)25(21)24-18-11-9-16(31)13-22(18)36-23-14-17(32)10-12-19(23)24/h1-14,26,31H,(H,30,33)(H,34,35). The molecule has 5 rings (SSSR count). The highest BCUT2D eigenvalue weighted by Gasteiger charge is 2.26. The van der Waals surface area contributed by atoms with Crippen molar-refractivity contribution in [3.63, 3.8) is 0 Å². The molecular formula is C28H18INO6. The average molecular weight is 591 g/mol. The second-order valence-corrected chi connectivity index (χ2v) is 9.36. The van der Waals surface area contributed by atoms with Crippen molar-refractivity contribution in [2.45, 2.75) is 3.92 Å². The molecule has 178 valence electrons. The molecule has 3 aromatic rings. The van der Waals surface area contributed by atoms with Crippen LogP contribution in [0.1, 0.15) is 19.8 Å². The summed E-state index contributed by atoms with van der Waals surface area (Å²) in [6.07, 6.45) is 0. The van der Waals surface area contributed by atoms with Gasteiger partial charge in [-0.05, 0) is 42.0 Å². The van der Waals surface area contributed by atoms with Gasteiger partial charge in [0.25, 0.3) is 0 Å². The van der Waals surface area contributed by atoms with Crippen molar-refractivity contribution in [1.82, 2.24) is 0 Å². The van der Waals surface area contributed by atoms with Crippen molar-refractivity contribution >= 4 is 51.1 Å². The average Bonchev–Trinajstić information content (AvgIpc) is 2.87. The van der Waals surface area contributed by atoms with Gasteiger partial charge in [-0.3, -0.25) is 9.59 Å². The van der Waals surface area contributed by atoms with Gasteiger partial charge in [-0.1, -0.05) is 59.0 Å². The number of phenolic OH excluding ortho intramolecular Hbond substituents is 1. The summed E-state index contributed by atoms with van der Waals surface area (Å²) in [7, 11) is 0. The Morgan fingerprint density at radius 1 is 0.889 bits per heavy atom. The van der Waals surface area contributed by atoms with Crippen molar-refractivity contribution in [2.75, 3.05) is 5.32 Å². The number of carboxylic acid groups (broad SMARTS) is 1. The highest BCUT2D eigenvalue weighted by molar-refractivity contribution is 14.1. The lowest BCUT2D eigenvalue weighted by molar-refractivity contribution is -0.115. The number of carbonyl (C=O) groups excluding carboxylic acids is 1. The fourth-order valence-corrected chi connectivity index (χ4v) is 4.77. The molecule has 1 aliphatic heterocycles. The van der Waals surface area contributed by atoms with E-state index in [2.05, 4.69) is 5.32 Å². The Hall–Kier alpha value is -4.18. The molecule has 36 heavy (non-hydrogen) atoms. The number of phenols is 1.